The zero-order valence-electron chi connectivity index (χ0n) is 21.0. The van der Waals surface area contributed by atoms with Crippen molar-refractivity contribution >= 4 is 33.6 Å². The van der Waals surface area contributed by atoms with Gasteiger partial charge >= 0.3 is 0 Å². The molecule has 0 bridgehead atoms. The highest BCUT2D eigenvalue weighted by Gasteiger charge is 2.21. The molecule has 37 heavy (non-hydrogen) atoms. The van der Waals surface area contributed by atoms with E-state index >= 15 is 0 Å². The van der Waals surface area contributed by atoms with Crippen LogP contribution in [0, 0.1) is 13.8 Å². The number of hydrogen-bond donors (Lipinski definition) is 0. The minimum Gasteiger partial charge on any atom is -0.489 e. The molecule has 0 aliphatic carbocycles. The highest BCUT2D eigenvalue weighted by molar-refractivity contribution is 7.99. The van der Waals surface area contributed by atoms with Crippen LogP contribution in [-0.4, -0.2) is 31.0 Å². The van der Waals surface area contributed by atoms with Crippen molar-refractivity contribution in [1.29, 1.82) is 0 Å². The quantitative estimate of drug-likeness (QED) is 0.225. The van der Waals surface area contributed by atoms with Crippen LogP contribution in [0.4, 0.5) is 0 Å². The van der Waals surface area contributed by atoms with E-state index in [4.69, 9.17) is 4.74 Å². The molecule has 0 amide bonds. The molecule has 2 heterocycles. The van der Waals surface area contributed by atoms with E-state index in [1.54, 1.807) is 11.8 Å². The van der Waals surface area contributed by atoms with Gasteiger partial charge in [0.25, 0.3) is 0 Å². The Morgan fingerprint density at radius 3 is 2.43 bits per heavy atom. The predicted molar refractivity (Wildman–Crippen MR) is 150 cm³/mol. The van der Waals surface area contributed by atoms with Crippen LogP contribution in [0.1, 0.15) is 22.5 Å². The Labute approximate surface area is 219 Å². The van der Waals surface area contributed by atoms with Crippen LogP contribution in [0.15, 0.2) is 89.8 Å². The van der Waals surface area contributed by atoms with E-state index in [2.05, 4.69) is 93.9 Å². The zero-order chi connectivity index (χ0) is 25.4. The van der Waals surface area contributed by atoms with Gasteiger partial charge in [0.1, 0.15) is 12.4 Å². The van der Waals surface area contributed by atoms with Crippen molar-refractivity contribution in [2.45, 2.75) is 31.9 Å². The molecule has 2 aromatic heterocycles. The van der Waals surface area contributed by atoms with Crippen LogP contribution in [-0.2, 0) is 13.2 Å². The van der Waals surface area contributed by atoms with Crippen molar-refractivity contribution in [3.05, 3.63) is 107 Å². The Morgan fingerprint density at radius 1 is 0.865 bits per heavy atom. The van der Waals surface area contributed by atoms with Gasteiger partial charge in [0.15, 0.2) is 5.82 Å². The molecule has 0 N–H and O–H groups in total. The average molecular weight is 506 g/mol. The molecular formula is C30H27N5OS. The summed E-state index contributed by atoms with van der Waals surface area (Å²) in [5, 5.41) is 14.8. The van der Waals surface area contributed by atoms with Gasteiger partial charge in [-0.2, -0.15) is 4.68 Å². The first kappa shape index (κ1) is 23.3. The van der Waals surface area contributed by atoms with Crippen molar-refractivity contribution in [2.75, 3.05) is 6.26 Å². The molecule has 6 aromatic rings. The summed E-state index contributed by atoms with van der Waals surface area (Å²) in [6, 6.07) is 29.5. The lowest BCUT2D eigenvalue weighted by molar-refractivity contribution is 0.306. The molecule has 0 saturated carbocycles. The third-order valence-electron chi connectivity index (χ3n) is 6.71. The first-order valence-corrected chi connectivity index (χ1v) is 13.5. The summed E-state index contributed by atoms with van der Waals surface area (Å²) >= 11 is 1.73. The second-order valence-corrected chi connectivity index (χ2v) is 9.95. The molecule has 0 aliphatic rings. The van der Waals surface area contributed by atoms with Gasteiger partial charge in [0, 0.05) is 22.8 Å². The van der Waals surface area contributed by atoms with E-state index in [9.17, 15) is 0 Å². The molecule has 184 valence electrons. The van der Waals surface area contributed by atoms with Gasteiger partial charge in [-0.15, -0.1) is 16.9 Å². The number of aromatic nitrogens is 5. The summed E-state index contributed by atoms with van der Waals surface area (Å²) in [5.41, 5.74) is 6.95. The molecule has 6 nitrogen and oxygen atoms in total. The summed E-state index contributed by atoms with van der Waals surface area (Å²) in [4.78, 5) is 1.16. The van der Waals surface area contributed by atoms with Gasteiger partial charge in [-0.3, -0.25) is 0 Å². The third kappa shape index (κ3) is 4.25. The number of thioether (sulfide) groups is 1. The van der Waals surface area contributed by atoms with Crippen LogP contribution in [0.2, 0.25) is 0 Å². The highest BCUT2D eigenvalue weighted by Crippen LogP contribution is 2.41. The fourth-order valence-corrected chi connectivity index (χ4v) is 5.80. The van der Waals surface area contributed by atoms with E-state index in [1.807, 2.05) is 35.9 Å². The fraction of sp³-hybridized carbons (Fsp3) is 0.167. The van der Waals surface area contributed by atoms with Crippen molar-refractivity contribution in [3.63, 3.8) is 0 Å². The van der Waals surface area contributed by atoms with E-state index in [0.29, 0.717) is 6.61 Å². The largest absolute Gasteiger partial charge is 0.489 e. The molecule has 0 atom stereocenters. The molecule has 0 radical (unpaired) electrons. The molecule has 0 fully saturated rings. The summed E-state index contributed by atoms with van der Waals surface area (Å²) in [5.74, 6) is 1.63. The topological polar surface area (TPSA) is 57.8 Å². The van der Waals surface area contributed by atoms with Crippen LogP contribution >= 0.6 is 11.8 Å². The Bertz CT molecular complexity index is 1720. The standard InChI is InChI=1S/C30H27N5OS/c1-20-16-27(35-21(2)31-32-33-35)30(37-3)29-28(20)25-14-7-8-15-26(25)34(29)18-23-12-9-13-24(17-23)36-19-22-10-5-4-6-11-22/h4-17H,18-19H2,1-3H3. The Hall–Kier alpha value is -4.10. The number of fused-ring (bicyclic) bond motifs is 3. The van der Waals surface area contributed by atoms with E-state index < -0.39 is 0 Å². The molecule has 0 saturated heterocycles. The van der Waals surface area contributed by atoms with E-state index in [-0.39, 0.29) is 0 Å². The smallest absolute Gasteiger partial charge is 0.153 e. The van der Waals surface area contributed by atoms with Crippen LogP contribution in [0.25, 0.3) is 27.5 Å². The number of benzene rings is 4. The summed E-state index contributed by atoms with van der Waals surface area (Å²) in [7, 11) is 0. The average Bonchev–Trinajstić information content (AvgIpc) is 3.50. The number of hydrogen-bond acceptors (Lipinski definition) is 5. The molecule has 0 aliphatic heterocycles. The van der Waals surface area contributed by atoms with Crippen LogP contribution < -0.4 is 4.74 Å². The second-order valence-electron chi connectivity index (χ2n) is 9.13. The van der Waals surface area contributed by atoms with Gasteiger partial charge in [-0.1, -0.05) is 60.7 Å². The van der Waals surface area contributed by atoms with E-state index in [0.717, 1.165) is 34.3 Å². The number of rotatable bonds is 7. The van der Waals surface area contributed by atoms with Gasteiger partial charge in [0.05, 0.1) is 16.1 Å². The lowest BCUT2D eigenvalue weighted by Gasteiger charge is -2.15. The zero-order valence-corrected chi connectivity index (χ0v) is 21.9. The predicted octanol–water partition coefficient (Wildman–Crippen LogP) is 6.74. The minimum absolute atomic E-state index is 0.546. The minimum atomic E-state index is 0.546. The summed E-state index contributed by atoms with van der Waals surface area (Å²) in [6.07, 6.45) is 2.12. The Balaban J connectivity index is 1.48. The maximum atomic E-state index is 6.13. The molecule has 0 unspecified atom stereocenters. The Morgan fingerprint density at radius 2 is 1.65 bits per heavy atom. The number of nitrogens with zero attached hydrogens (tertiary/aromatic N) is 5. The summed E-state index contributed by atoms with van der Waals surface area (Å²) in [6.45, 7) is 5.37. The molecule has 7 heteroatoms. The monoisotopic (exact) mass is 505 g/mol. The van der Waals surface area contributed by atoms with E-state index in [1.165, 1.54) is 32.9 Å². The van der Waals surface area contributed by atoms with Gasteiger partial charge < -0.3 is 9.30 Å². The number of aryl methyl sites for hydroxylation is 2. The first-order chi connectivity index (χ1) is 18.1. The molecule has 0 spiro atoms. The van der Waals surface area contributed by atoms with Crippen LogP contribution in [0.3, 0.4) is 0 Å². The number of tetrazole rings is 1. The van der Waals surface area contributed by atoms with Gasteiger partial charge in [-0.05, 0) is 71.5 Å². The maximum Gasteiger partial charge on any atom is 0.153 e. The van der Waals surface area contributed by atoms with Crippen molar-refractivity contribution < 1.29 is 4.74 Å². The van der Waals surface area contributed by atoms with Crippen LogP contribution in [0.5, 0.6) is 5.75 Å². The molecular weight excluding hydrogens is 478 g/mol. The number of ether oxygens (including phenoxy) is 1. The third-order valence-corrected chi connectivity index (χ3v) is 7.52. The highest BCUT2D eigenvalue weighted by atomic mass is 32.2. The lowest BCUT2D eigenvalue weighted by Crippen LogP contribution is -2.06. The second kappa shape index (κ2) is 9.75. The Kier molecular flexibility index (Phi) is 6.14. The SMILES string of the molecule is CSc1c(-n2nnnc2C)cc(C)c2c3ccccc3n(Cc3cccc(OCc4ccccc4)c3)c12. The van der Waals surface area contributed by atoms with Crippen molar-refractivity contribution in [2.24, 2.45) is 0 Å². The van der Waals surface area contributed by atoms with Gasteiger partial charge in [0.2, 0.25) is 0 Å². The fourth-order valence-electron chi connectivity index (χ4n) is 5.04. The summed E-state index contributed by atoms with van der Waals surface area (Å²) < 4.78 is 10.4. The first-order valence-electron chi connectivity index (χ1n) is 12.2. The number of para-hydroxylation sites is 1. The van der Waals surface area contributed by atoms with Crippen molar-refractivity contribution in [1.82, 2.24) is 24.8 Å². The van der Waals surface area contributed by atoms with Gasteiger partial charge in [-0.25, -0.2) is 0 Å². The van der Waals surface area contributed by atoms with Crippen molar-refractivity contribution in [3.8, 4) is 11.4 Å². The molecule has 6 rings (SSSR count). The maximum absolute atomic E-state index is 6.13. The normalized spacial score (nSPS) is 11.4. The molecule has 4 aromatic carbocycles. The lowest BCUT2D eigenvalue weighted by atomic mass is 10.1.